The first-order valence-corrected chi connectivity index (χ1v) is 7.59. The number of nitrogens with zero attached hydrogens (tertiary/aromatic N) is 3. The van der Waals surface area contributed by atoms with Gasteiger partial charge in [0.05, 0.1) is 23.4 Å². The zero-order chi connectivity index (χ0) is 14.8. The number of rotatable bonds is 5. The largest absolute Gasteiger partial charge is 0.341 e. The van der Waals surface area contributed by atoms with Gasteiger partial charge in [0.15, 0.2) is 0 Å². The number of para-hydroxylation sites is 1. The van der Waals surface area contributed by atoms with Gasteiger partial charge < -0.3 is 10.3 Å². The summed E-state index contributed by atoms with van der Waals surface area (Å²) >= 11 is 0. The number of fused-ring (bicyclic) bond motifs is 1. The third-order valence-corrected chi connectivity index (χ3v) is 4.00. The molecule has 0 aliphatic carbocycles. The molecule has 0 saturated carbocycles. The van der Waals surface area contributed by atoms with E-state index >= 15 is 0 Å². The molecule has 0 spiro atoms. The van der Waals surface area contributed by atoms with Gasteiger partial charge in [0.1, 0.15) is 0 Å². The summed E-state index contributed by atoms with van der Waals surface area (Å²) in [4.78, 5) is 0. The van der Waals surface area contributed by atoms with Crippen LogP contribution in [0.1, 0.15) is 30.8 Å². The highest BCUT2D eigenvalue weighted by Gasteiger charge is 2.10. The lowest BCUT2D eigenvalue weighted by molar-refractivity contribution is 0.599. The Morgan fingerprint density at radius 3 is 2.76 bits per heavy atom. The van der Waals surface area contributed by atoms with Gasteiger partial charge in [0, 0.05) is 19.3 Å². The number of aromatic nitrogens is 3. The average Bonchev–Trinajstić information content (AvgIpc) is 3.11. The smallest absolute Gasteiger partial charge is 0.0645 e. The van der Waals surface area contributed by atoms with Crippen LogP contribution in [0.3, 0.4) is 0 Å². The number of aryl methyl sites for hydroxylation is 2. The number of nitrogens with two attached hydrogens (primary N) is 1. The number of hydrogen-bond donors (Lipinski definition) is 1. The van der Waals surface area contributed by atoms with Crippen LogP contribution < -0.4 is 5.73 Å². The topological polar surface area (TPSA) is 48.8 Å². The molecule has 21 heavy (non-hydrogen) atoms. The van der Waals surface area contributed by atoms with Gasteiger partial charge in [0.2, 0.25) is 0 Å². The van der Waals surface area contributed by atoms with Crippen molar-refractivity contribution < 1.29 is 0 Å². The highest BCUT2D eigenvalue weighted by molar-refractivity contribution is 5.83. The molecule has 3 aromatic rings. The predicted molar refractivity (Wildman–Crippen MR) is 86.2 cm³/mol. The standard InChI is InChI=1S/C17H22N4/c1-3-15-10-16(21(4-2)19-15)12-20-9-8-13-6-5-7-14(11-18)17(13)20/h5-10H,3-4,11-12,18H2,1-2H3. The lowest BCUT2D eigenvalue weighted by Gasteiger charge is -2.10. The maximum absolute atomic E-state index is 5.89. The van der Waals surface area contributed by atoms with Crippen LogP contribution in [-0.4, -0.2) is 14.3 Å². The molecule has 2 aromatic heterocycles. The van der Waals surface area contributed by atoms with Gasteiger partial charge in [-0.1, -0.05) is 25.1 Å². The van der Waals surface area contributed by atoms with Crippen molar-refractivity contribution in [3.63, 3.8) is 0 Å². The Morgan fingerprint density at radius 2 is 2.05 bits per heavy atom. The van der Waals surface area contributed by atoms with E-state index in [1.165, 1.54) is 22.2 Å². The summed E-state index contributed by atoms with van der Waals surface area (Å²) < 4.78 is 4.37. The summed E-state index contributed by atoms with van der Waals surface area (Å²) in [5.41, 5.74) is 10.7. The Kier molecular flexibility index (Phi) is 3.80. The first kappa shape index (κ1) is 13.9. The van der Waals surface area contributed by atoms with Gasteiger partial charge >= 0.3 is 0 Å². The molecular formula is C17H22N4. The Hall–Kier alpha value is -2.07. The third kappa shape index (κ3) is 2.47. The van der Waals surface area contributed by atoms with E-state index in [0.29, 0.717) is 6.54 Å². The second kappa shape index (κ2) is 5.74. The molecule has 4 heteroatoms. The average molecular weight is 282 g/mol. The Bertz CT molecular complexity index is 751. The van der Waals surface area contributed by atoms with Crippen LogP contribution in [-0.2, 0) is 26.1 Å². The minimum Gasteiger partial charge on any atom is -0.341 e. The van der Waals surface area contributed by atoms with Gasteiger partial charge in [-0.25, -0.2) is 0 Å². The van der Waals surface area contributed by atoms with E-state index in [-0.39, 0.29) is 0 Å². The van der Waals surface area contributed by atoms with Crippen LogP contribution in [0.5, 0.6) is 0 Å². The van der Waals surface area contributed by atoms with Crippen LogP contribution in [0, 0.1) is 0 Å². The van der Waals surface area contributed by atoms with E-state index in [2.05, 4.69) is 64.7 Å². The van der Waals surface area contributed by atoms with E-state index in [4.69, 9.17) is 5.73 Å². The quantitative estimate of drug-likeness (QED) is 0.782. The SMILES string of the molecule is CCc1cc(Cn2ccc3cccc(CN)c32)n(CC)n1. The number of benzene rings is 1. The van der Waals surface area contributed by atoms with Gasteiger partial charge in [-0.05, 0) is 36.4 Å². The van der Waals surface area contributed by atoms with Gasteiger partial charge in [-0.15, -0.1) is 0 Å². The highest BCUT2D eigenvalue weighted by Crippen LogP contribution is 2.21. The highest BCUT2D eigenvalue weighted by atomic mass is 15.3. The Labute approximate surface area is 125 Å². The summed E-state index contributed by atoms with van der Waals surface area (Å²) in [6.45, 7) is 6.58. The molecule has 0 aliphatic rings. The van der Waals surface area contributed by atoms with Crippen LogP contribution in [0.25, 0.3) is 10.9 Å². The molecule has 0 bridgehead atoms. The van der Waals surface area contributed by atoms with E-state index < -0.39 is 0 Å². The summed E-state index contributed by atoms with van der Waals surface area (Å²) in [5, 5.41) is 5.88. The van der Waals surface area contributed by atoms with Crippen LogP contribution in [0.4, 0.5) is 0 Å². The maximum Gasteiger partial charge on any atom is 0.0645 e. The van der Waals surface area contributed by atoms with Gasteiger partial charge in [0.25, 0.3) is 0 Å². The second-order valence-corrected chi connectivity index (χ2v) is 5.30. The molecule has 3 rings (SSSR count). The van der Waals surface area contributed by atoms with E-state index in [1.54, 1.807) is 0 Å². The molecule has 110 valence electrons. The fourth-order valence-electron chi connectivity index (χ4n) is 2.90. The molecular weight excluding hydrogens is 260 g/mol. The summed E-state index contributed by atoms with van der Waals surface area (Å²) in [5.74, 6) is 0. The molecule has 0 fully saturated rings. The molecule has 1 aromatic carbocycles. The molecule has 0 atom stereocenters. The first-order valence-electron chi connectivity index (χ1n) is 7.59. The molecule has 0 amide bonds. The molecule has 4 nitrogen and oxygen atoms in total. The number of hydrogen-bond acceptors (Lipinski definition) is 2. The van der Waals surface area contributed by atoms with Crippen molar-refractivity contribution in [2.45, 2.75) is 39.9 Å². The van der Waals surface area contributed by atoms with Crippen molar-refractivity contribution in [2.24, 2.45) is 5.73 Å². The van der Waals surface area contributed by atoms with Crippen molar-refractivity contribution in [1.29, 1.82) is 0 Å². The second-order valence-electron chi connectivity index (χ2n) is 5.30. The third-order valence-electron chi connectivity index (χ3n) is 4.00. The van der Waals surface area contributed by atoms with Crippen molar-refractivity contribution in [1.82, 2.24) is 14.3 Å². The summed E-state index contributed by atoms with van der Waals surface area (Å²) in [6, 6.07) is 10.7. The van der Waals surface area contributed by atoms with Gasteiger partial charge in [-0.3, -0.25) is 4.68 Å². The summed E-state index contributed by atoms with van der Waals surface area (Å²) in [7, 11) is 0. The molecule has 0 unspecified atom stereocenters. The van der Waals surface area contributed by atoms with Crippen molar-refractivity contribution in [3.05, 3.63) is 53.5 Å². The van der Waals surface area contributed by atoms with E-state index in [1.807, 2.05) is 0 Å². The monoisotopic (exact) mass is 282 g/mol. The van der Waals surface area contributed by atoms with Crippen LogP contribution in [0.15, 0.2) is 36.5 Å². The van der Waals surface area contributed by atoms with Crippen molar-refractivity contribution in [2.75, 3.05) is 0 Å². The molecule has 0 aliphatic heterocycles. The Morgan fingerprint density at radius 1 is 1.19 bits per heavy atom. The molecule has 2 heterocycles. The predicted octanol–water partition coefficient (Wildman–Crippen LogP) is 2.93. The van der Waals surface area contributed by atoms with Crippen LogP contribution >= 0.6 is 0 Å². The zero-order valence-electron chi connectivity index (χ0n) is 12.7. The van der Waals surface area contributed by atoms with E-state index in [0.717, 1.165) is 25.2 Å². The fraction of sp³-hybridized carbons (Fsp3) is 0.353. The normalized spacial score (nSPS) is 11.4. The maximum atomic E-state index is 5.89. The van der Waals surface area contributed by atoms with Crippen LogP contribution in [0.2, 0.25) is 0 Å². The molecule has 2 N–H and O–H groups in total. The minimum absolute atomic E-state index is 0.564. The lowest BCUT2D eigenvalue weighted by Crippen LogP contribution is -2.08. The van der Waals surface area contributed by atoms with Crippen molar-refractivity contribution >= 4 is 10.9 Å². The van der Waals surface area contributed by atoms with E-state index in [9.17, 15) is 0 Å². The minimum atomic E-state index is 0.564. The molecule has 0 saturated heterocycles. The molecule has 0 radical (unpaired) electrons. The zero-order valence-corrected chi connectivity index (χ0v) is 12.7. The summed E-state index contributed by atoms with van der Waals surface area (Å²) in [6.07, 6.45) is 3.11. The first-order chi connectivity index (χ1) is 10.3. The lowest BCUT2D eigenvalue weighted by atomic mass is 10.1. The fourth-order valence-corrected chi connectivity index (χ4v) is 2.90. The Balaban J connectivity index is 2.04. The van der Waals surface area contributed by atoms with Crippen molar-refractivity contribution in [3.8, 4) is 0 Å². The van der Waals surface area contributed by atoms with Gasteiger partial charge in [-0.2, -0.15) is 5.10 Å².